The largest absolute Gasteiger partial charge is 0.468 e. The van der Waals surface area contributed by atoms with E-state index >= 15 is 0 Å². The molecule has 2 aromatic carbocycles. The molecule has 3 aromatic rings. The number of fused-ring (bicyclic) bond motifs is 3. The van der Waals surface area contributed by atoms with Gasteiger partial charge in [0.15, 0.2) is 0 Å². The summed E-state index contributed by atoms with van der Waals surface area (Å²) >= 11 is 7.02. The van der Waals surface area contributed by atoms with Crippen LogP contribution in [-0.2, 0) is 16.0 Å². The predicted molar refractivity (Wildman–Crippen MR) is 105 cm³/mol. The Labute approximate surface area is 162 Å². The molecule has 0 spiro atoms. The first-order valence-corrected chi connectivity index (χ1v) is 9.55. The van der Waals surface area contributed by atoms with Crippen LogP contribution in [0, 0.1) is 0 Å². The average Bonchev–Trinajstić information content (AvgIpc) is 2.99. The summed E-state index contributed by atoms with van der Waals surface area (Å²) in [6.07, 6.45) is 0.603. The highest BCUT2D eigenvalue weighted by Gasteiger charge is 2.34. The number of methoxy groups -OCH3 is 1. The molecular formula is C19H16Br2N2O2. The Hall–Kier alpha value is -1.63. The summed E-state index contributed by atoms with van der Waals surface area (Å²) in [4.78, 5) is 15.8. The summed E-state index contributed by atoms with van der Waals surface area (Å²) < 4.78 is 7.04. The van der Waals surface area contributed by atoms with Crippen LogP contribution in [0.1, 0.15) is 22.9 Å². The maximum Gasteiger partial charge on any atom is 0.323 e. The number of halogens is 2. The average molecular weight is 464 g/mol. The van der Waals surface area contributed by atoms with Crippen molar-refractivity contribution in [3.63, 3.8) is 0 Å². The number of hydrogen-bond acceptors (Lipinski definition) is 3. The molecule has 1 aliphatic heterocycles. The normalized spacial score (nSPS) is 19.6. The van der Waals surface area contributed by atoms with Crippen molar-refractivity contribution in [1.29, 1.82) is 0 Å². The van der Waals surface area contributed by atoms with Crippen LogP contribution < -0.4 is 5.32 Å². The van der Waals surface area contributed by atoms with Crippen molar-refractivity contribution >= 4 is 48.7 Å². The number of hydrogen-bond donors (Lipinski definition) is 2. The second-order valence-corrected chi connectivity index (χ2v) is 7.97. The number of nitrogens with one attached hydrogen (secondary N) is 2. The Morgan fingerprint density at radius 3 is 2.56 bits per heavy atom. The van der Waals surface area contributed by atoms with E-state index in [1.807, 2.05) is 18.2 Å². The van der Waals surface area contributed by atoms with Crippen LogP contribution >= 0.6 is 31.9 Å². The summed E-state index contributed by atoms with van der Waals surface area (Å²) in [6.45, 7) is 0. The standard InChI is InChI=1S/C19H16Br2N2O2/c1-25-19(24)16-9-14-13-8-12(21)6-7-15(13)22-18(14)17(23-16)10-2-4-11(20)5-3-10/h2-8,16-17,22-23H,9H2,1H3. The van der Waals surface area contributed by atoms with Crippen LogP contribution in [0.15, 0.2) is 51.4 Å². The fourth-order valence-electron chi connectivity index (χ4n) is 3.47. The van der Waals surface area contributed by atoms with E-state index in [4.69, 9.17) is 4.74 Å². The molecule has 2 atom stereocenters. The van der Waals surface area contributed by atoms with Gasteiger partial charge in [-0.05, 0) is 41.5 Å². The number of esters is 1. The van der Waals surface area contributed by atoms with Gasteiger partial charge >= 0.3 is 5.97 Å². The highest BCUT2D eigenvalue weighted by atomic mass is 79.9. The first-order valence-electron chi connectivity index (χ1n) is 7.96. The maximum atomic E-state index is 12.2. The highest BCUT2D eigenvalue weighted by molar-refractivity contribution is 9.10. The number of H-pyrrole nitrogens is 1. The molecule has 0 saturated carbocycles. The molecule has 0 amide bonds. The van der Waals surface area contributed by atoms with Crippen LogP contribution in [0.2, 0.25) is 0 Å². The molecule has 128 valence electrons. The predicted octanol–water partition coefficient (Wildman–Crippen LogP) is 4.47. The van der Waals surface area contributed by atoms with E-state index in [-0.39, 0.29) is 18.1 Å². The van der Waals surface area contributed by atoms with E-state index in [1.165, 1.54) is 12.7 Å². The Morgan fingerprint density at radius 1 is 1.12 bits per heavy atom. The quantitative estimate of drug-likeness (QED) is 0.551. The van der Waals surface area contributed by atoms with E-state index in [2.05, 4.69) is 66.4 Å². The van der Waals surface area contributed by atoms with Crippen molar-refractivity contribution < 1.29 is 9.53 Å². The first-order chi connectivity index (χ1) is 12.1. The summed E-state index contributed by atoms with van der Waals surface area (Å²) in [5, 5.41) is 4.58. The second kappa shape index (κ2) is 6.59. The summed E-state index contributed by atoms with van der Waals surface area (Å²) in [5.74, 6) is -0.239. The SMILES string of the molecule is COC(=O)C1Cc2c([nH]c3ccc(Br)cc23)C(c2ccc(Br)cc2)N1. The van der Waals surface area contributed by atoms with Crippen LogP contribution in [-0.4, -0.2) is 24.1 Å². The van der Waals surface area contributed by atoms with Gasteiger partial charge in [0.25, 0.3) is 0 Å². The summed E-state index contributed by atoms with van der Waals surface area (Å²) in [5.41, 5.74) is 4.44. The van der Waals surface area contributed by atoms with Crippen molar-refractivity contribution in [1.82, 2.24) is 10.3 Å². The molecule has 0 bridgehead atoms. The molecule has 6 heteroatoms. The number of benzene rings is 2. The fourth-order valence-corrected chi connectivity index (χ4v) is 4.09. The Kier molecular flexibility index (Phi) is 4.43. The van der Waals surface area contributed by atoms with Crippen molar-refractivity contribution in [2.24, 2.45) is 0 Å². The molecule has 25 heavy (non-hydrogen) atoms. The Morgan fingerprint density at radius 2 is 1.84 bits per heavy atom. The lowest BCUT2D eigenvalue weighted by atomic mass is 9.90. The lowest BCUT2D eigenvalue weighted by molar-refractivity contribution is -0.143. The molecule has 2 heterocycles. The minimum atomic E-state index is -0.371. The minimum absolute atomic E-state index is 0.0906. The number of aromatic amines is 1. The van der Waals surface area contributed by atoms with Gasteiger partial charge in [-0.25, -0.2) is 0 Å². The van der Waals surface area contributed by atoms with E-state index < -0.39 is 0 Å². The molecule has 2 N–H and O–H groups in total. The van der Waals surface area contributed by atoms with E-state index in [0.29, 0.717) is 6.42 Å². The molecule has 4 nitrogen and oxygen atoms in total. The number of rotatable bonds is 2. The smallest absolute Gasteiger partial charge is 0.323 e. The third-order valence-corrected chi connectivity index (χ3v) is 5.68. The van der Waals surface area contributed by atoms with Crippen molar-refractivity contribution in [3.8, 4) is 0 Å². The zero-order chi connectivity index (χ0) is 17.6. The summed E-state index contributed by atoms with van der Waals surface area (Å²) in [7, 11) is 1.43. The Balaban J connectivity index is 1.88. The highest BCUT2D eigenvalue weighted by Crippen LogP contribution is 2.36. The second-order valence-electron chi connectivity index (χ2n) is 6.14. The lowest BCUT2D eigenvalue weighted by Crippen LogP contribution is -2.45. The topological polar surface area (TPSA) is 54.1 Å². The third kappa shape index (κ3) is 3.03. The number of carbonyl (C=O) groups excluding carboxylic acids is 1. The minimum Gasteiger partial charge on any atom is -0.468 e. The van der Waals surface area contributed by atoms with Gasteiger partial charge in [0, 0.05) is 32.0 Å². The molecule has 0 radical (unpaired) electrons. The van der Waals surface area contributed by atoms with E-state index in [9.17, 15) is 4.79 Å². The van der Waals surface area contributed by atoms with Crippen LogP contribution in [0.25, 0.3) is 10.9 Å². The van der Waals surface area contributed by atoms with Gasteiger partial charge in [0.05, 0.1) is 13.2 Å². The van der Waals surface area contributed by atoms with Crippen molar-refractivity contribution in [3.05, 3.63) is 68.2 Å². The molecular weight excluding hydrogens is 448 g/mol. The van der Waals surface area contributed by atoms with Crippen LogP contribution in [0.3, 0.4) is 0 Å². The number of aromatic nitrogens is 1. The zero-order valence-electron chi connectivity index (χ0n) is 13.5. The number of ether oxygens (including phenoxy) is 1. The van der Waals surface area contributed by atoms with E-state index in [0.717, 1.165) is 31.1 Å². The lowest BCUT2D eigenvalue weighted by Gasteiger charge is -2.30. The number of carbonyl (C=O) groups is 1. The van der Waals surface area contributed by atoms with Gasteiger partial charge in [-0.15, -0.1) is 0 Å². The molecule has 2 unspecified atom stereocenters. The van der Waals surface area contributed by atoms with Gasteiger partial charge < -0.3 is 9.72 Å². The fraction of sp³-hybridized carbons (Fsp3) is 0.211. The van der Waals surface area contributed by atoms with Crippen LogP contribution in [0.5, 0.6) is 0 Å². The molecule has 0 aliphatic carbocycles. The molecule has 1 aromatic heterocycles. The molecule has 0 fully saturated rings. The monoisotopic (exact) mass is 462 g/mol. The van der Waals surface area contributed by atoms with Crippen LogP contribution in [0.4, 0.5) is 0 Å². The maximum absolute atomic E-state index is 12.2. The first kappa shape index (κ1) is 16.8. The molecule has 1 aliphatic rings. The third-order valence-electron chi connectivity index (χ3n) is 4.66. The molecule has 0 saturated heterocycles. The van der Waals surface area contributed by atoms with Gasteiger partial charge in [-0.2, -0.15) is 0 Å². The molecule has 4 rings (SSSR count). The van der Waals surface area contributed by atoms with E-state index in [1.54, 1.807) is 0 Å². The van der Waals surface area contributed by atoms with Gasteiger partial charge in [-0.3, -0.25) is 10.1 Å². The van der Waals surface area contributed by atoms with Gasteiger partial charge in [0.1, 0.15) is 6.04 Å². The van der Waals surface area contributed by atoms with Crippen molar-refractivity contribution in [2.75, 3.05) is 7.11 Å². The van der Waals surface area contributed by atoms with Crippen molar-refractivity contribution in [2.45, 2.75) is 18.5 Å². The Bertz CT molecular complexity index is 950. The zero-order valence-corrected chi connectivity index (χ0v) is 16.6. The summed E-state index contributed by atoms with van der Waals surface area (Å²) in [6, 6.07) is 13.9. The van der Waals surface area contributed by atoms with Gasteiger partial charge in [-0.1, -0.05) is 44.0 Å². The van der Waals surface area contributed by atoms with Gasteiger partial charge in [0.2, 0.25) is 0 Å².